The molecule has 80 valence electrons. The van der Waals surface area contributed by atoms with Crippen LogP contribution >= 0.6 is 0 Å². The molecule has 1 aromatic carbocycles. The summed E-state index contributed by atoms with van der Waals surface area (Å²) in [4.78, 5) is 11.6. The van der Waals surface area contributed by atoms with Crippen LogP contribution in [0.2, 0.25) is 0 Å². The van der Waals surface area contributed by atoms with Crippen molar-refractivity contribution in [1.29, 1.82) is 0 Å². The summed E-state index contributed by atoms with van der Waals surface area (Å²) in [5, 5.41) is 2.93. The highest BCUT2D eigenvalue weighted by Gasteiger charge is 2.32. The number of carbonyl (C=O) groups excluding carboxylic acids is 1. The number of carbonyl (C=O) groups is 1. The van der Waals surface area contributed by atoms with E-state index in [0.29, 0.717) is 17.2 Å². The maximum absolute atomic E-state index is 11.6. The number of anilines is 1. The fraction of sp³-hybridized carbons (Fsp3) is 0.417. The van der Waals surface area contributed by atoms with Gasteiger partial charge in [-0.3, -0.25) is 4.79 Å². The zero-order valence-corrected chi connectivity index (χ0v) is 8.86. The molecule has 3 N–H and O–H groups in total. The molecule has 1 aromatic rings. The van der Waals surface area contributed by atoms with E-state index in [2.05, 4.69) is 12.2 Å². The fourth-order valence-corrected chi connectivity index (χ4v) is 1.64. The van der Waals surface area contributed by atoms with E-state index in [0.717, 1.165) is 12.5 Å². The highest BCUT2D eigenvalue weighted by atomic mass is 16.1. The van der Waals surface area contributed by atoms with Gasteiger partial charge in [-0.2, -0.15) is 0 Å². The number of rotatable bonds is 3. The Morgan fingerprint density at radius 2 is 2.07 bits per heavy atom. The van der Waals surface area contributed by atoms with E-state index >= 15 is 0 Å². The summed E-state index contributed by atoms with van der Waals surface area (Å²) in [5.74, 6) is 1.45. The second-order valence-corrected chi connectivity index (χ2v) is 4.31. The van der Waals surface area contributed by atoms with Crippen LogP contribution in [0.1, 0.15) is 23.7 Å². The molecule has 2 unspecified atom stereocenters. The van der Waals surface area contributed by atoms with Crippen molar-refractivity contribution in [2.75, 3.05) is 12.3 Å². The van der Waals surface area contributed by atoms with E-state index in [-0.39, 0.29) is 5.91 Å². The summed E-state index contributed by atoms with van der Waals surface area (Å²) >= 11 is 0. The van der Waals surface area contributed by atoms with Crippen molar-refractivity contribution in [3.63, 3.8) is 0 Å². The molecule has 1 saturated carbocycles. The van der Waals surface area contributed by atoms with Crippen molar-refractivity contribution in [2.45, 2.75) is 13.3 Å². The van der Waals surface area contributed by atoms with E-state index in [4.69, 9.17) is 5.73 Å². The maximum atomic E-state index is 11.6. The minimum atomic E-state index is -0.00546. The number of hydrogen-bond donors (Lipinski definition) is 2. The Morgan fingerprint density at radius 3 is 2.60 bits per heavy atom. The first kappa shape index (κ1) is 10.0. The Balaban J connectivity index is 1.87. The molecule has 0 saturated heterocycles. The number of hydrogen-bond acceptors (Lipinski definition) is 2. The molecule has 2 rings (SSSR count). The topological polar surface area (TPSA) is 55.1 Å². The first-order valence-electron chi connectivity index (χ1n) is 5.30. The van der Waals surface area contributed by atoms with Crippen LogP contribution in [0.5, 0.6) is 0 Å². The van der Waals surface area contributed by atoms with Gasteiger partial charge in [0.15, 0.2) is 0 Å². The van der Waals surface area contributed by atoms with E-state index in [9.17, 15) is 4.79 Å². The van der Waals surface area contributed by atoms with Gasteiger partial charge in [0.1, 0.15) is 0 Å². The molecule has 0 aliphatic heterocycles. The van der Waals surface area contributed by atoms with Crippen molar-refractivity contribution in [2.24, 2.45) is 11.8 Å². The highest BCUT2D eigenvalue weighted by molar-refractivity contribution is 5.94. The van der Waals surface area contributed by atoms with Gasteiger partial charge in [0, 0.05) is 17.8 Å². The molecule has 1 fully saturated rings. The lowest BCUT2D eigenvalue weighted by Crippen LogP contribution is -2.25. The number of nitrogens with one attached hydrogen (secondary N) is 1. The average Bonchev–Trinajstić information content (AvgIpc) is 2.92. The third-order valence-corrected chi connectivity index (χ3v) is 2.97. The van der Waals surface area contributed by atoms with Crippen LogP contribution in [-0.4, -0.2) is 12.5 Å². The quantitative estimate of drug-likeness (QED) is 0.736. The van der Waals surface area contributed by atoms with Gasteiger partial charge in [-0.25, -0.2) is 0 Å². The Morgan fingerprint density at radius 1 is 1.47 bits per heavy atom. The highest BCUT2D eigenvalue weighted by Crippen LogP contribution is 2.36. The lowest BCUT2D eigenvalue weighted by Gasteiger charge is -2.04. The first-order chi connectivity index (χ1) is 7.16. The van der Waals surface area contributed by atoms with Crippen LogP contribution in [-0.2, 0) is 0 Å². The summed E-state index contributed by atoms with van der Waals surface area (Å²) in [6.45, 7) is 3.00. The molecule has 0 aromatic heterocycles. The largest absolute Gasteiger partial charge is 0.399 e. The van der Waals surface area contributed by atoms with Crippen LogP contribution in [0.4, 0.5) is 5.69 Å². The Labute approximate surface area is 89.7 Å². The van der Waals surface area contributed by atoms with Crippen molar-refractivity contribution < 1.29 is 4.79 Å². The van der Waals surface area contributed by atoms with Gasteiger partial charge >= 0.3 is 0 Å². The van der Waals surface area contributed by atoms with Crippen molar-refractivity contribution in [3.8, 4) is 0 Å². The molecule has 15 heavy (non-hydrogen) atoms. The number of nitrogens with two attached hydrogens (primary N) is 1. The molecule has 0 radical (unpaired) electrons. The fourth-order valence-electron chi connectivity index (χ4n) is 1.64. The van der Waals surface area contributed by atoms with Crippen LogP contribution < -0.4 is 11.1 Å². The van der Waals surface area contributed by atoms with Crippen molar-refractivity contribution in [3.05, 3.63) is 29.8 Å². The Hall–Kier alpha value is -1.51. The monoisotopic (exact) mass is 204 g/mol. The minimum Gasteiger partial charge on any atom is -0.399 e. The van der Waals surface area contributed by atoms with E-state index in [1.54, 1.807) is 24.3 Å². The van der Waals surface area contributed by atoms with Gasteiger partial charge in [0.05, 0.1) is 0 Å². The number of benzene rings is 1. The summed E-state index contributed by atoms with van der Waals surface area (Å²) < 4.78 is 0. The van der Waals surface area contributed by atoms with Crippen molar-refractivity contribution in [1.82, 2.24) is 5.32 Å². The second-order valence-electron chi connectivity index (χ2n) is 4.31. The second kappa shape index (κ2) is 3.93. The zero-order valence-electron chi connectivity index (χ0n) is 8.86. The lowest BCUT2D eigenvalue weighted by molar-refractivity contribution is 0.0951. The molecule has 0 spiro atoms. The van der Waals surface area contributed by atoms with Gasteiger partial charge in [0.25, 0.3) is 5.91 Å². The third kappa shape index (κ3) is 2.49. The molecule has 1 aliphatic carbocycles. The standard InChI is InChI=1S/C12H16N2O/c1-8-6-10(8)7-14-12(15)9-2-4-11(13)5-3-9/h2-5,8,10H,6-7,13H2,1H3,(H,14,15). The normalized spacial score (nSPS) is 23.5. The smallest absolute Gasteiger partial charge is 0.251 e. The van der Waals surface area contributed by atoms with Gasteiger partial charge in [0.2, 0.25) is 0 Å². The average molecular weight is 204 g/mol. The van der Waals surface area contributed by atoms with Gasteiger partial charge in [-0.05, 0) is 42.5 Å². The lowest BCUT2D eigenvalue weighted by atomic mass is 10.2. The van der Waals surface area contributed by atoms with E-state index < -0.39 is 0 Å². The molecule has 3 nitrogen and oxygen atoms in total. The number of amides is 1. The summed E-state index contributed by atoms with van der Waals surface area (Å²) in [5.41, 5.74) is 6.91. The van der Waals surface area contributed by atoms with Gasteiger partial charge in [-0.1, -0.05) is 6.92 Å². The predicted octanol–water partition coefficient (Wildman–Crippen LogP) is 1.65. The molecule has 2 atom stereocenters. The van der Waals surface area contributed by atoms with Crippen LogP contribution in [0.3, 0.4) is 0 Å². The number of nitrogen functional groups attached to an aromatic ring is 1. The summed E-state index contributed by atoms with van der Waals surface area (Å²) in [6.07, 6.45) is 1.24. The summed E-state index contributed by atoms with van der Waals surface area (Å²) in [7, 11) is 0. The Bertz CT molecular complexity index is 358. The molecular formula is C12H16N2O. The molecule has 1 aliphatic rings. The van der Waals surface area contributed by atoms with Crippen LogP contribution in [0.25, 0.3) is 0 Å². The van der Waals surface area contributed by atoms with Crippen molar-refractivity contribution >= 4 is 11.6 Å². The van der Waals surface area contributed by atoms with Crippen LogP contribution in [0, 0.1) is 11.8 Å². The Kier molecular flexibility index (Phi) is 2.62. The third-order valence-electron chi connectivity index (χ3n) is 2.97. The van der Waals surface area contributed by atoms with E-state index in [1.807, 2.05) is 0 Å². The molecule has 0 heterocycles. The zero-order chi connectivity index (χ0) is 10.8. The minimum absolute atomic E-state index is 0.00546. The molecule has 0 bridgehead atoms. The first-order valence-corrected chi connectivity index (χ1v) is 5.30. The van der Waals surface area contributed by atoms with Gasteiger partial charge in [-0.15, -0.1) is 0 Å². The molecule has 1 amide bonds. The predicted molar refractivity (Wildman–Crippen MR) is 60.5 cm³/mol. The van der Waals surface area contributed by atoms with Gasteiger partial charge < -0.3 is 11.1 Å². The van der Waals surface area contributed by atoms with Crippen LogP contribution in [0.15, 0.2) is 24.3 Å². The van der Waals surface area contributed by atoms with E-state index in [1.165, 1.54) is 6.42 Å². The SMILES string of the molecule is CC1CC1CNC(=O)c1ccc(N)cc1. The molecular weight excluding hydrogens is 188 g/mol. The molecule has 3 heteroatoms. The summed E-state index contributed by atoms with van der Waals surface area (Å²) in [6, 6.07) is 6.99. The maximum Gasteiger partial charge on any atom is 0.251 e.